The lowest BCUT2D eigenvalue weighted by Crippen LogP contribution is -2.22. The third kappa shape index (κ3) is 2.97. The fraction of sp³-hybridized carbons (Fsp3) is 0.727. The molecule has 1 aromatic rings. The minimum absolute atomic E-state index is 0. The standard InChI is InChI=1S/C11H20N4.ClH/c1-9-11(7-14(2)13-9)8-15-4-3-10(5-12)6-15;/h7,10H,3-6,8,12H2,1-2H3;1H. The molecule has 1 aliphatic heterocycles. The van der Waals surface area contributed by atoms with Crippen LogP contribution < -0.4 is 5.73 Å². The van der Waals surface area contributed by atoms with Crippen LogP contribution in [-0.4, -0.2) is 34.3 Å². The number of aromatic nitrogens is 2. The van der Waals surface area contributed by atoms with Gasteiger partial charge in [0.1, 0.15) is 0 Å². The maximum atomic E-state index is 5.68. The van der Waals surface area contributed by atoms with E-state index in [0.29, 0.717) is 5.92 Å². The predicted octanol–water partition coefficient (Wildman–Crippen LogP) is 0.931. The Kier molecular flexibility index (Phi) is 4.77. The van der Waals surface area contributed by atoms with Crippen molar-refractivity contribution in [2.75, 3.05) is 19.6 Å². The Hall–Kier alpha value is -0.580. The van der Waals surface area contributed by atoms with Crippen LogP contribution >= 0.6 is 12.4 Å². The molecule has 92 valence electrons. The van der Waals surface area contributed by atoms with E-state index in [2.05, 4.69) is 23.1 Å². The van der Waals surface area contributed by atoms with Crippen LogP contribution in [0, 0.1) is 12.8 Å². The first-order valence-corrected chi connectivity index (χ1v) is 5.60. The predicted molar refractivity (Wildman–Crippen MR) is 67.6 cm³/mol. The van der Waals surface area contributed by atoms with Crippen molar-refractivity contribution in [3.8, 4) is 0 Å². The number of nitrogens with zero attached hydrogens (tertiary/aromatic N) is 3. The van der Waals surface area contributed by atoms with Crippen molar-refractivity contribution in [3.05, 3.63) is 17.5 Å². The van der Waals surface area contributed by atoms with Gasteiger partial charge in [0.05, 0.1) is 5.69 Å². The zero-order valence-corrected chi connectivity index (χ0v) is 10.8. The van der Waals surface area contributed by atoms with Crippen molar-refractivity contribution in [1.29, 1.82) is 0 Å². The second kappa shape index (κ2) is 5.66. The molecule has 2 heterocycles. The van der Waals surface area contributed by atoms with Gasteiger partial charge in [0, 0.05) is 31.9 Å². The Morgan fingerprint density at radius 3 is 2.81 bits per heavy atom. The second-order valence-electron chi connectivity index (χ2n) is 4.54. The van der Waals surface area contributed by atoms with E-state index in [0.717, 1.165) is 25.3 Å². The second-order valence-corrected chi connectivity index (χ2v) is 4.54. The van der Waals surface area contributed by atoms with Crippen LogP contribution in [0.2, 0.25) is 0 Å². The van der Waals surface area contributed by atoms with Gasteiger partial charge in [0.15, 0.2) is 0 Å². The van der Waals surface area contributed by atoms with Gasteiger partial charge in [-0.2, -0.15) is 5.10 Å². The number of aryl methyl sites for hydroxylation is 2. The Labute approximate surface area is 103 Å². The zero-order valence-electron chi connectivity index (χ0n) is 10.0. The van der Waals surface area contributed by atoms with Gasteiger partial charge >= 0.3 is 0 Å². The van der Waals surface area contributed by atoms with Crippen molar-refractivity contribution in [2.24, 2.45) is 18.7 Å². The molecule has 1 unspecified atom stereocenters. The molecule has 0 aliphatic carbocycles. The van der Waals surface area contributed by atoms with E-state index in [4.69, 9.17) is 5.73 Å². The zero-order chi connectivity index (χ0) is 10.8. The molecule has 1 aromatic heterocycles. The highest BCUT2D eigenvalue weighted by Gasteiger charge is 2.21. The number of nitrogens with two attached hydrogens (primary N) is 1. The van der Waals surface area contributed by atoms with E-state index >= 15 is 0 Å². The summed E-state index contributed by atoms with van der Waals surface area (Å²) < 4.78 is 1.89. The molecule has 0 amide bonds. The van der Waals surface area contributed by atoms with Crippen molar-refractivity contribution in [3.63, 3.8) is 0 Å². The van der Waals surface area contributed by atoms with Crippen LogP contribution in [0.25, 0.3) is 0 Å². The fourth-order valence-electron chi connectivity index (χ4n) is 2.29. The van der Waals surface area contributed by atoms with Crippen LogP contribution in [0.1, 0.15) is 17.7 Å². The molecule has 5 heteroatoms. The Bertz CT molecular complexity index is 337. The lowest BCUT2D eigenvalue weighted by molar-refractivity contribution is 0.317. The van der Waals surface area contributed by atoms with Gasteiger partial charge in [-0.15, -0.1) is 12.4 Å². The minimum Gasteiger partial charge on any atom is -0.330 e. The number of hydrogen-bond acceptors (Lipinski definition) is 3. The molecule has 2 rings (SSSR count). The average Bonchev–Trinajstić information content (AvgIpc) is 2.75. The average molecular weight is 245 g/mol. The summed E-state index contributed by atoms with van der Waals surface area (Å²) in [6.45, 7) is 6.24. The number of hydrogen-bond donors (Lipinski definition) is 1. The van der Waals surface area contributed by atoms with E-state index in [-0.39, 0.29) is 12.4 Å². The van der Waals surface area contributed by atoms with Crippen LogP contribution in [0.15, 0.2) is 6.20 Å². The maximum absolute atomic E-state index is 5.68. The van der Waals surface area contributed by atoms with Gasteiger partial charge in [-0.25, -0.2) is 0 Å². The third-order valence-electron chi connectivity index (χ3n) is 3.21. The fourth-order valence-corrected chi connectivity index (χ4v) is 2.29. The maximum Gasteiger partial charge on any atom is 0.0638 e. The van der Waals surface area contributed by atoms with Gasteiger partial charge in [0.2, 0.25) is 0 Å². The van der Waals surface area contributed by atoms with Crippen LogP contribution in [0.3, 0.4) is 0 Å². The van der Waals surface area contributed by atoms with Gasteiger partial charge in [-0.1, -0.05) is 0 Å². The van der Waals surface area contributed by atoms with E-state index in [1.807, 2.05) is 11.7 Å². The number of likely N-dealkylation sites (tertiary alicyclic amines) is 1. The van der Waals surface area contributed by atoms with Crippen molar-refractivity contribution >= 4 is 12.4 Å². The summed E-state index contributed by atoms with van der Waals surface area (Å²) in [5, 5.41) is 4.36. The molecule has 0 radical (unpaired) electrons. The summed E-state index contributed by atoms with van der Waals surface area (Å²) in [5.41, 5.74) is 8.17. The Morgan fingerprint density at radius 2 is 2.31 bits per heavy atom. The van der Waals surface area contributed by atoms with E-state index < -0.39 is 0 Å². The van der Waals surface area contributed by atoms with Gasteiger partial charge in [0.25, 0.3) is 0 Å². The van der Waals surface area contributed by atoms with Crippen molar-refractivity contribution in [2.45, 2.75) is 19.9 Å². The first-order chi connectivity index (χ1) is 7.19. The summed E-state index contributed by atoms with van der Waals surface area (Å²) in [7, 11) is 1.98. The smallest absolute Gasteiger partial charge is 0.0638 e. The van der Waals surface area contributed by atoms with Crippen molar-refractivity contribution in [1.82, 2.24) is 14.7 Å². The molecular weight excluding hydrogens is 224 g/mol. The van der Waals surface area contributed by atoms with Crippen LogP contribution in [0.5, 0.6) is 0 Å². The van der Waals surface area contributed by atoms with Gasteiger partial charge in [-0.3, -0.25) is 9.58 Å². The molecule has 4 nitrogen and oxygen atoms in total. The lowest BCUT2D eigenvalue weighted by atomic mass is 10.1. The molecule has 0 aromatic carbocycles. The van der Waals surface area contributed by atoms with Gasteiger partial charge < -0.3 is 5.73 Å². The third-order valence-corrected chi connectivity index (χ3v) is 3.21. The molecular formula is C11H21ClN4. The minimum atomic E-state index is 0. The first-order valence-electron chi connectivity index (χ1n) is 5.60. The molecule has 16 heavy (non-hydrogen) atoms. The summed E-state index contributed by atoms with van der Waals surface area (Å²) in [5.74, 6) is 0.696. The summed E-state index contributed by atoms with van der Waals surface area (Å²) in [6, 6.07) is 0. The Balaban J connectivity index is 0.00000128. The summed E-state index contributed by atoms with van der Waals surface area (Å²) in [6.07, 6.45) is 3.36. The highest BCUT2D eigenvalue weighted by atomic mass is 35.5. The van der Waals surface area contributed by atoms with E-state index in [1.54, 1.807) is 0 Å². The number of halogens is 1. The van der Waals surface area contributed by atoms with Crippen LogP contribution in [0.4, 0.5) is 0 Å². The van der Waals surface area contributed by atoms with Gasteiger partial charge in [-0.05, 0) is 32.4 Å². The van der Waals surface area contributed by atoms with Crippen molar-refractivity contribution < 1.29 is 0 Å². The SMILES string of the molecule is Cc1nn(C)cc1CN1CCC(CN)C1.Cl. The lowest BCUT2D eigenvalue weighted by Gasteiger charge is -2.14. The highest BCUT2D eigenvalue weighted by molar-refractivity contribution is 5.85. The van der Waals surface area contributed by atoms with E-state index in [9.17, 15) is 0 Å². The van der Waals surface area contributed by atoms with E-state index in [1.165, 1.54) is 18.5 Å². The molecule has 1 saturated heterocycles. The molecule has 0 spiro atoms. The molecule has 0 saturated carbocycles. The Morgan fingerprint density at radius 1 is 1.56 bits per heavy atom. The number of rotatable bonds is 3. The topological polar surface area (TPSA) is 47.1 Å². The summed E-state index contributed by atoms with van der Waals surface area (Å²) >= 11 is 0. The molecule has 0 bridgehead atoms. The normalized spacial score (nSPS) is 21.1. The molecule has 2 N–H and O–H groups in total. The molecule has 1 atom stereocenters. The quantitative estimate of drug-likeness (QED) is 0.861. The summed E-state index contributed by atoms with van der Waals surface area (Å²) in [4.78, 5) is 2.47. The monoisotopic (exact) mass is 244 g/mol. The highest BCUT2D eigenvalue weighted by Crippen LogP contribution is 2.18. The van der Waals surface area contributed by atoms with Crippen LogP contribution in [-0.2, 0) is 13.6 Å². The largest absolute Gasteiger partial charge is 0.330 e. The molecule has 1 fully saturated rings. The first kappa shape index (κ1) is 13.5. The molecule has 1 aliphatic rings.